The van der Waals surface area contributed by atoms with Crippen molar-refractivity contribution in [2.45, 2.75) is 50.6 Å². The molecule has 0 bridgehead atoms. The van der Waals surface area contributed by atoms with Gasteiger partial charge in [0.15, 0.2) is 0 Å². The van der Waals surface area contributed by atoms with Crippen molar-refractivity contribution in [1.82, 2.24) is 24.9 Å². The Morgan fingerprint density at radius 1 is 1.23 bits per heavy atom. The molecule has 30 heavy (non-hydrogen) atoms. The number of carbonyl (C=O) groups excluding carboxylic acids is 2. The fourth-order valence-corrected chi connectivity index (χ4v) is 4.99. The fraction of sp³-hybridized carbons (Fsp3) is 0.524. The molecule has 1 aromatic heterocycles. The van der Waals surface area contributed by atoms with Crippen molar-refractivity contribution in [2.75, 3.05) is 19.6 Å². The van der Waals surface area contributed by atoms with Gasteiger partial charge in [0.1, 0.15) is 5.82 Å². The molecule has 1 saturated heterocycles. The molecule has 1 aliphatic heterocycles. The van der Waals surface area contributed by atoms with Crippen molar-refractivity contribution in [1.29, 1.82) is 0 Å². The number of likely N-dealkylation sites (tertiary alicyclic amines) is 1. The second-order valence-electron chi connectivity index (χ2n) is 8.18. The molecule has 0 unspecified atom stereocenters. The Morgan fingerprint density at radius 3 is 2.67 bits per heavy atom. The van der Waals surface area contributed by atoms with E-state index < -0.39 is 0 Å². The highest BCUT2D eigenvalue weighted by Gasteiger charge is 2.36. The van der Waals surface area contributed by atoms with Crippen molar-refractivity contribution in [3.63, 3.8) is 0 Å². The zero-order chi connectivity index (χ0) is 21.1. The predicted octanol–water partition coefficient (Wildman–Crippen LogP) is 2.76. The summed E-state index contributed by atoms with van der Waals surface area (Å²) in [5, 5.41) is 5.70. The molecule has 2 aromatic rings. The maximum Gasteiger partial charge on any atom is 0.251 e. The third-order valence-corrected chi connectivity index (χ3v) is 6.77. The Bertz CT molecular complexity index is 906. The van der Waals surface area contributed by atoms with Gasteiger partial charge < -0.3 is 10.6 Å². The minimum Gasteiger partial charge on any atom is -0.349 e. The normalized spacial score (nSPS) is 22.3. The van der Waals surface area contributed by atoms with Gasteiger partial charge in [0.05, 0.1) is 12.6 Å². The number of hydrogen-bond donors (Lipinski definition) is 2. The summed E-state index contributed by atoms with van der Waals surface area (Å²) in [6.07, 6.45) is 4.40. The monoisotopic (exact) mass is 447 g/mol. The smallest absolute Gasteiger partial charge is 0.251 e. The number of nitrogens with one attached hydrogen (secondary N) is 2. The van der Waals surface area contributed by atoms with Crippen LogP contribution in [0.4, 0.5) is 0 Å². The molecule has 2 N–H and O–H groups in total. The Labute approximate surface area is 185 Å². The zero-order valence-electron chi connectivity index (χ0n) is 16.9. The average Bonchev–Trinajstić information content (AvgIpc) is 3.15. The van der Waals surface area contributed by atoms with E-state index in [1.54, 1.807) is 6.07 Å². The van der Waals surface area contributed by atoms with Crippen LogP contribution in [0.1, 0.15) is 53.3 Å². The number of carbonyl (C=O) groups is 2. The van der Waals surface area contributed by atoms with E-state index in [2.05, 4.69) is 24.9 Å². The number of aryl methyl sites for hydroxylation is 1. The zero-order valence-corrected chi connectivity index (χ0v) is 18.5. The number of hydrogen-bond acceptors (Lipinski definition) is 6. The van der Waals surface area contributed by atoms with Gasteiger partial charge in [-0.3, -0.25) is 14.5 Å². The number of aromatic nitrogens is 2. The number of halogens is 1. The molecule has 4 rings (SSSR count). The van der Waals surface area contributed by atoms with Gasteiger partial charge in [0.2, 0.25) is 10.4 Å². The fourth-order valence-electron chi connectivity index (χ4n) is 4.31. The molecule has 160 valence electrons. The first-order valence-electron chi connectivity index (χ1n) is 10.4. The van der Waals surface area contributed by atoms with Crippen molar-refractivity contribution in [3.8, 4) is 0 Å². The summed E-state index contributed by atoms with van der Waals surface area (Å²) in [5.74, 6) is 0.941. The number of benzene rings is 1. The van der Waals surface area contributed by atoms with Gasteiger partial charge in [-0.25, -0.2) is 4.98 Å². The van der Waals surface area contributed by atoms with Crippen molar-refractivity contribution in [2.24, 2.45) is 0 Å². The lowest BCUT2D eigenvalue weighted by atomic mass is 9.83. The van der Waals surface area contributed by atoms with Crippen LogP contribution in [-0.2, 0) is 4.79 Å². The van der Waals surface area contributed by atoms with Crippen molar-refractivity contribution >= 4 is 34.9 Å². The number of amides is 2. The van der Waals surface area contributed by atoms with E-state index >= 15 is 0 Å². The Balaban J connectivity index is 1.14. The Kier molecular flexibility index (Phi) is 6.65. The van der Waals surface area contributed by atoms with Crippen LogP contribution in [0.2, 0.25) is 4.47 Å². The molecule has 2 fully saturated rings. The summed E-state index contributed by atoms with van der Waals surface area (Å²) < 4.78 is 4.87. The lowest BCUT2D eigenvalue weighted by Crippen LogP contribution is -2.63. The van der Waals surface area contributed by atoms with E-state index in [0.717, 1.165) is 50.2 Å². The third-order valence-electron chi connectivity index (χ3n) is 5.96. The SMILES string of the molecule is Cc1cccc(C(=O)NCC(=O)NC2CN(C3CCC(c4nsc(Cl)n4)CC3)C2)c1. The molecular formula is C21H26ClN5O2S. The lowest BCUT2D eigenvalue weighted by molar-refractivity contribution is -0.122. The molecular weight excluding hydrogens is 422 g/mol. The van der Waals surface area contributed by atoms with E-state index in [0.29, 0.717) is 22.0 Å². The first kappa shape index (κ1) is 21.2. The number of rotatable bonds is 6. The maximum atomic E-state index is 12.2. The minimum absolute atomic E-state index is 0.00240. The second-order valence-corrected chi connectivity index (χ2v) is 9.52. The molecule has 2 amide bonds. The van der Waals surface area contributed by atoms with Crippen molar-refractivity contribution in [3.05, 3.63) is 45.7 Å². The highest BCUT2D eigenvalue weighted by Crippen LogP contribution is 2.35. The van der Waals surface area contributed by atoms with Crippen molar-refractivity contribution < 1.29 is 9.59 Å². The molecule has 0 atom stereocenters. The molecule has 9 heteroatoms. The Morgan fingerprint density at radius 2 is 2.00 bits per heavy atom. The van der Waals surface area contributed by atoms with Crippen LogP contribution in [-0.4, -0.2) is 57.8 Å². The summed E-state index contributed by atoms with van der Waals surface area (Å²) in [6.45, 7) is 3.67. The van der Waals surface area contributed by atoms with Gasteiger partial charge in [0, 0.05) is 30.6 Å². The highest BCUT2D eigenvalue weighted by molar-refractivity contribution is 7.10. The largest absolute Gasteiger partial charge is 0.349 e. The quantitative estimate of drug-likeness (QED) is 0.711. The third kappa shape index (κ3) is 5.17. The first-order valence-corrected chi connectivity index (χ1v) is 11.5. The van der Waals surface area contributed by atoms with Crippen LogP contribution in [0.25, 0.3) is 0 Å². The van der Waals surface area contributed by atoms with Crippen LogP contribution in [0.5, 0.6) is 0 Å². The molecule has 0 radical (unpaired) electrons. The van der Waals surface area contributed by atoms with Gasteiger partial charge in [-0.05, 0) is 67.9 Å². The van der Waals surface area contributed by atoms with Gasteiger partial charge in [-0.15, -0.1) is 0 Å². The molecule has 2 heterocycles. The standard InChI is InChI=1S/C21H26ClN5O2S/c1-13-3-2-4-15(9-13)20(29)23-10-18(28)24-16-11-27(12-16)17-7-5-14(6-8-17)19-25-21(22)30-26-19/h2-4,9,14,16-17H,5-8,10-12H2,1H3,(H,23,29)(H,24,28). The van der Waals surface area contributed by atoms with Crippen LogP contribution < -0.4 is 10.6 Å². The molecule has 7 nitrogen and oxygen atoms in total. The molecule has 1 aromatic carbocycles. The van der Waals surface area contributed by atoms with Crippen LogP contribution in [0.3, 0.4) is 0 Å². The van der Waals surface area contributed by atoms with Gasteiger partial charge >= 0.3 is 0 Å². The summed E-state index contributed by atoms with van der Waals surface area (Å²) >= 11 is 7.16. The molecule has 1 saturated carbocycles. The Hall–Kier alpha value is -2.03. The summed E-state index contributed by atoms with van der Waals surface area (Å²) in [6, 6.07) is 8.05. The summed E-state index contributed by atoms with van der Waals surface area (Å²) in [4.78, 5) is 31.1. The second kappa shape index (κ2) is 9.41. The van der Waals surface area contributed by atoms with Crippen LogP contribution in [0, 0.1) is 6.92 Å². The van der Waals surface area contributed by atoms with Gasteiger partial charge in [0.25, 0.3) is 5.91 Å². The van der Waals surface area contributed by atoms with E-state index in [9.17, 15) is 9.59 Å². The number of nitrogens with zero attached hydrogens (tertiary/aromatic N) is 3. The van der Waals surface area contributed by atoms with E-state index in [1.807, 2.05) is 25.1 Å². The van der Waals surface area contributed by atoms with E-state index in [4.69, 9.17) is 11.6 Å². The topological polar surface area (TPSA) is 87.2 Å². The summed E-state index contributed by atoms with van der Waals surface area (Å²) in [7, 11) is 0. The molecule has 0 spiro atoms. The van der Waals surface area contributed by atoms with Gasteiger partial charge in [-0.2, -0.15) is 4.37 Å². The van der Waals surface area contributed by atoms with Gasteiger partial charge in [-0.1, -0.05) is 17.7 Å². The first-order chi connectivity index (χ1) is 14.5. The highest BCUT2D eigenvalue weighted by atomic mass is 35.5. The van der Waals surface area contributed by atoms with E-state index in [-0.39, 0.29) is 24.4 Å². The minimum atomic E-state index is -0.225. The van der Waals surface area contributed by atoms with Crippen LogP contribution in [0.15, 0.2) is 24.3 Å². The lowest BCUT2D eigenvalue weighted by Gasteiger charge is -2.46. The van der Waals surface area contributed by atoms with E-state index in [1.165, 1.54) is 11.5 Å². The predicted molar refractivity (Wildman–Crippen MR) is 117 cm³/mol. The average molecular weight is 448 g/mol. The molecule has 1 aliphatic carbocycles. The summed E-state index contributed by atoms with van der Waals surface area (Å²) in [5.41, 5.74) is 1.59. The van der Waals surface area contributed by atoms with Crippen LogP contribution >= 0.6 is 23.1 Å². The molecule has 2 aliphatic rings. The maximum absolute atomic E-state index is 12.2.